The van der Waals surface area contributed by atoms with Crippen LogP contribution in [0.1, 0.15) is 11.1 Å². The predicted octanol–water partition coefficient (Wildman–Crippen LogP) is 3.35. The SMILES string of the molecule is COc1ccc(CNC(=S)Cc2ccccc2)cc1. The van der Waals surface area contributed by atoms with Crippen molar-refractivity contribution in [1.82, 2.24) is 5.32 Å². The molecular weight excluding hydrogens is 254 g/mol. The van der Waals surface area contributed by atoms with Gasteiger partial charge in [0.05, 0.1) is 12.1 Å². The van der Waals surface area contributed by atoms with Crippen molar-refractivity contribution in [1.29, 1.82) is 0 Å². The molecule has 0 radical (unpaired) electrons. The van der Waals surface area contributed by atoms with Gasteiger partial charge in [-0.15, -0.1) is 0 Å². The van der Waals surface area contributed by atoms with E-state index in [0.717, 1.165) is 23.7 Å². The number of nitrogens with one attached hydrogen (secondary N) is 1. The van der Waals surface area contributed by atoms with Gasteiger partial charge in [-0.1, -0.05) is 54.7 Å². The Labute approximate surface area is 119 Å². The molecular formula is C16H17NOS. The molecule has 2 rings (SSSR count). The van der Waals surface area contributed by atoms with Crippen molar-refractivity contribution < 1.29 is 4.74 Å². The van der Waals surface area contributed by atoms with Crippen molar-refractivity contribution in [2.24, 2.45) is 0 Å². The molecule has 3 heteroatoms. The van der Waals surface area contributed by atoms with Gasteiger partial charge in [-0.25, -0.2) is 0 Å². The molecule has 0 saturated carbocycles. The average molecular weight is 271 g/mol. The van der Waals surface area contributed by atoms with Crippen molar-refractivity contribution >= 4 is 17.2 Å². The maximum absolute atomic E-state index is 5.35. The fourth-order valence-electron chi connectivity index (χ4n) is 1.79. The van der Waals surface area contributed by atoms with E-state index in [-0.39, 0.29) is 0 Å². The summed E-state index contributed by atoms with van der Waals surface area (Å²) in [6.07, 6.45) is 0.784. The molecule has 1 N–H and O–H groups in total. The number of hydrogen-bond donors (Lipinski definition) is 1. The van der Waals surface area contributed by atoms with E-state index in [4.69, 9.17) is 17.0 Å². The summed E-state index contributed by atoms with van der Waals surface area (Å²) in [4.78, 5) is 0.863. The highest BCUT2D eigenvalue weighted by Crippen LogP contribution is 2.11. The number of hydrogen-bond acceptors (Lipinski definition) is 2. The van der Waals surface area contributed by atoms with Crippen LogP contribution in [0, 0.1) is 0 Å². The van der Waals surface area contributed by atoms with Crippen LogP contribution in [0.25, 0.3) is 0 Å². The van der Waals surface area contributed by atoms with Crippen LogP contribution in [0.2, 0.25) is 0 Å². The molecule has 2 nitrogen and oxygen atoms in total. The fourth-order valence-corrected chi connectivity index (χ4v) is 2.03. The minimum absolute atomic E-state index is 0.746. The smallest absolute Gasteiger partial charge is 0.118 e. The van der Waals surface area contributed by atoms with Crippen LogP contribution in [-0.4, -0.2) is 12.1 Å². The van der Waals surface area contributed by atoms with Crippen LogP contribution in [-0.2, 0) is 13.0 Å². The predicted molar refractivity (Wildman–Crippen MR) is 82.6 cm³/mol. The van der Waals surface area contributed by atoms with Crippen molar-refractivity contribution in [2.45, 2.75) is 13.0 Å². The highest BCUT2D eigenvalue weighted by atomic mass is 32.1. The van der Waals surface area contributed by atoms with Gasteiger partial charge < -0.3 is 10.1 Å². The van der Waals surface area contributed by atoms with Crippen LogP contribution < -0.4 is 10.1 Å². The van der Waals surface area contributed by atoms with Gasteiger partial charge in [-0.05, 0) is 23.3 Å². The largest absolute Gasteiger partial charge is 0.497 e. The van der Waals surface area contributed by atoms with Gasteiger partial charge in [0.2, 0.25) is 0 Å². The Morgan fingerprint density at radius 1 is 1.00 bits per heavy atom. The van der Waals surface area contributed by atoms with E-state index in [9.17, 15) is 0 Å². The van der Waals surface area contributed by atoms with E-state index in [1.165, 1.54) is 11.1 Å². The number of methoxy groups -OCH3 is 1. The molecule has 0 amide bonds. The molecule has 0 spiro atoms. The van der Waals surface area contributed by atoms with Crippen LogP contribution >= 0.6 is 12.2 Å². The number of rotatable bonds is 5. The highest BCUT2D eigenvalue weighted by Gasteiger charge is 1.99. The normalized spacial score (nSPS) is 9.95. The molecule has 2 aromatic rings. The Hall–Kier alpha value is -1.87. The number of ether oxygens (including phenoxy) is 1. The molecule has 0 unspecified atom stereocenters. The third kappa shape index (κ3) is 4.38. The molecule has 0 bridgehead atoms. The zero-order chi connectivity index (χ0) is 13.5. The summed E-state index contributed by atoms with van der Waals surface area (Å²) in [7, 11) is 1.67. The maximum atomic E-state index is 5.35. The lowest BCUT2D eigenvalue weighted by atomic mass is 10.1. The fraction of sp³-hybridized carbons (Fsp3) is 0.188. The van der Waals surface area contributed by atoms with Gasteiger partial charge >= 0.3 is 0 Å². The molecule has 0 atom stereocenters. The molecule has 0 aromatic heterocycles. The Bertz CT molecular complexity index is 522. The summed E-state index contributed by atoms with van der Waals surface area (Å²) < 4.78 is 5.13. The average Bonchev–Trinajstić information content (AvgIpc) is 2.47. The molecule has 2 aromatic carbocycles. The molecule has 98 valence electrons. The van der Waals surface area contributed by atoms with Gasteiger partial charge in [0.15, 0.2) is 0 Å². The third-order valence-electron chi connectivity index (χ3n) is 2.86. The lowest BCUT2D eigenvalue weighted by Gasteiger charge is -2.08. The molecule has 19 heavy (non-hydrogen) atoms. The monoisotopic (exact) mass is 271 g/mol. The van der Waals surface area contributed by atoms with Gasteiger partial charge in [-0.3, -0.25) is 0 Å². The first-order valence-corrected chi connectivity index (χ1v) is 6.62. The molecule has 0 saturated heterocycles. The Morgan fingerprint density at radius 2 is 1.68 bits per heavy atom. The Morgan fingerprint density at radius 3 is 2.32 bits per heavy atom. The third-order valence-corrected chi connectivity index (χ3v) is 3.14. The summed E-state index contributed by atoms with van der Waals surface area (Å²) in [6.45, 7) is 0.746. The van der Waals surface area contributed by atoms with Gasteiger partial charge in [0.1, 0.15) is 5.75 Å². The van der Waals surface area contributed by atoms with Gasteiger partial charge in [0.25, 0.3) is 0 Å². The van der Waals surface area contributed by atoms with E-state index >= 15 is 0 Å². The van der Waals surface area contributed by atoms with Crippen LogP contribution in [0.5, 0.6) is 5.75 Å². The number of thiocarbonyl (C=S) groups is 1. The van der Waals surface area contributed by atoms with Crippen molar-refractivity contribution in [3.05, 3.63) is 65.7 Å². The van der Waals surface area contributed by atoms with Crippen molar-refractivity contribution in [3.63, 3.8) is 0 Å². The standard InChI is InChI=1S/C16H17NOS/c1-18-15-9-7-14(8-10-15)12-17-16(19)11-13-5-3-2-4-6-13/h2-10H,11-12H2,1H3,(H,17,19). The second-order valence-corrected chi connectivity index (χ2v) is 4.78. The molecule has 0 aliphatic heterocycles. The number of benzene rings is 2. The van der Waals surface area contributed by atoms with E-state index in [1.54, 1.807) is 7.11 Å². The molecule has 0 aliphatic rings. The van der Waals surface area contributed by atoms with Crippen molar-refractivity contribution in [2.75, 3.05) is 7.11 Å². The van der Waals surface area contributed by atoms with Gasteiger partial charge in [0, 0.05) is 13.0 Å². The topological polar surface area (TPSA) is 21.3 Å². The first-order chi connectivity index (χ1) is 9.28. The molecule has 0 heterocycles. The van der Waals surface area contributed by atoms with Crippen molar-refractivity contribution in [3.8, 4) is 5.75 Å². The van der Waals surface area contributed by atoms with E-state index in [1.807, 2.05) is 42.5 Å². The zero-order valence-electron chi connectivity index (χ0n) is 10.9. The van der Waals surface area contributed by atoms with E-state index in [0.29, 0.717) is 0 Å². The summed E-state index contributed by atoms with van der Waals surface area (Å²) in [5.41, 5.74) is 2.42. The van der Waals surface area contributed by atoms with Crippen LogP contribution in [0.4, 0.5) is 0 Å². The van der Waals surface area contributed by atoms with E-state index in [2.05, 4.69) is 17.4 Å². The maximum Gasteiger partial charge on any atom is 0.118 e. The van der Waals surface area contributed by atoms with Crippen LogP contribution in [0.3, 0.4) is 0 Å². The minimum Gasteiger partial charge on any atom is -0.497 e. The zero-order valence-corrected chi connectivity index (χ0v) is 11.7. The molecule has 0 fully saturated rings. The molecule has 0 aliphatic carbocycles. The first-order valence-electron chi connectivity index (χ1n) is 6.21. The second-order valence-electron chi connectivity index (χ2n) is 4.29. The van der Waals surface area contributed by atoms with Crippen LogP contribution in [0.15, 0.2) is 54.6 Å². The van der Waals surface area contributed by atoms with E-state index < -0.39 is 0 Å². The lowest BCUT2D eigenvalue weighted by Crippen LogP contribution is -2.22. The first kappa shape index (κ1) is 13.6. The second kappa shape index (κ2) is 6.90. The summed E-state index contributed by atoms with van der Waals surface area (Å²) in [6, 6.07) is 18.2. The summed E-state index contributed by atoms with van der Waals surface area (Å²) >= 11 is 5.35. The Balaban J connectivity index is 1.83. The summed E-state index contributed by atoms with van der Waals surface area (Å²) in [5, 5.41) is 3.28. The minimum atomic E-state index is 0.746. The summed E-state index contributed by atoms with van der Waals surface area (Å²) in [5.74, 6) is 0.871. The van der Waals surface area contributed by atoms with Gasteiger partial charge in [-0.2, -0.15) is 0 Å². The Kier molecular flexibility index (Phi) is 4.93. The quantitative estimate of drug-likeness (QED) is 0.843. The lowest BCUT2D eigenvalue weighted by molar-refractivity contribution is 0.414. The highest BCUT2D eigenvalue weighted by molar-refractivity contribution is 7.80.